The summed E-state index contributed by atoms with van der Waals surface area (Å²) in [5.41, 5.74) is 1.68. The van der Waals surface area contributed by atoms with Crippen LogP contribution in [0.3, 0.4) is 0 Å². The van der Waals surface area contributed by atoms with E-state index >= 15 is 0 Å². The normalized spacial score (nSPS) is 23.3. The molecule has 0 unspecified atom stereocenters. The highest BCUT2D eigenvalue weighted by atomic mass is 19.4. The van der Waals surface area contributed by atoms with Crippen molar-refractivity contribution in [1.82, 2.24) is 5.32 Å². The average Bonchev–Trinajstić information content (AvgIpc) is 2.74. The SMILES string of the molecule is NC1(C(=O)NC2CCC(CC(=O)Nc3cc(C(F)(F)F)cc(C(F)(F)F)c3)CC2)CCOCC1. The molecule has 0 aromatic heterocycles. The van der Waals surface area contributed by atoms with Gasteiger partial charge < -0.3 is 21.1 Å². The third-order valence-electron chi connectivity index (χ3n) is 6.36. The van der Waals surface area contributed by atoms with Gasteiger partial charge in [-0.25, -0.2) is 0 Å². The molecule has 0 spiro atoms. The Bertz CT molecular complexity index is 857. The highest BCUT2D eigenvalue weighted by molar-refractivity contribution is 5.91. The molecule has 0 bridgehead atoms. The molecule has 0 atom stereocenters. The van der Waals surface area contributed by atoms with E-state index in [1.807, 2.05) is 0 Å². The number of hydrogen-bond donors (Lipinski definition) is 3. The molecule has 1 aromatic carbocycles. The predicted octanol–water partition coefficient (Wildman–Crippen LogP) is 4.24. The fraction of sp³-hybridized carbons (Fsp3) is 0.636. The summed E-state index contributed by atoms with van der Waals surface area (Å²) in [4.78, 5) is 24.9. The summed E-state index contributed by atoms with van der Waals surface area (Å²) < 4.78 is 83.2. The van der Waals surface area contributed by atoms with E-state index in [-0.39, 0.29) is 30.4 Å². The monoisotopic (exact) mass is 495 g/mol. The second kappa shape index (κ2) is 10.1. The van der Waals surface area contributed by atoms with Crippen molar-refractivity contribution >= 4 is 17.5 Å². The Labute approximate surface area is 192 Å². The maximum Gasteiger partial charge on any atom is 0.416 e. The first-order valence-corrected chi connectivity index (χ1v) is 11.0. The van der Waals surface area contributed by atoms with Gasteiger partial charge in [0.15, 0.2) is 0 Å². The average molecular weight is 495 g/mol. The number of carbonyl (C=O) groups excluding carboxylic acids is 2. The quantitative estimate of drug-likeness (QED) is 0.533. The summed E-state index contributed by atoms with van der Waals surface area (Å²) in [5, 5.41) is 5.12. The van der Waals surface area contributed by atoms with Crippen LogP contribution in [0.2, 0.25) is 0 Å². The van der Waals surface area contributed by atoms with E-state index in [9.17, 15) is 35.9 Å². The van der Waals surface area contributed by atoms with Crippen molar-refractivity contribution in [3.8, 4) is 0 Å². The zero-order chi connectivity index (χ0) is 25.1. The third-order valence-corrected chi connectivity index (χ3v) is 6.36. The molecule has 12 heteroatoms. The predicted molar refractivity (Wildman–Crippen MR) is 111 cm³/mol. The van der Waals surface area contributed by atoms with E-state index in [0.717, 1.165) is 0 Å². The molecule has 0 radical (unpaired) electrons. The molecule has 2 fully saturated rings. The molecule has 6 nitrogen and oxygen atoms in total. The lowest BCUT2D eigenvalue weighted by Crippen LogP contribution is -2.59. The maximum absolute atomic E-state index is 13.0. The Balaban J connectivity index is 1.53. The number of anilines is 1. The van der Waals surface area contributed by atoms with E-state index in [0.29, 0.717) is 63.9 Å². The molecule has 1 saturated carbocycles. The van der Waals surface area contributed by atoms with Crippen molar-refractivity contribution in [3.63, 3.8) is 0 Å². The van der Waals surface area contributed by atoms with Gasteiger partial charge in [0.25, 0.3) is 0 Å². The Kier molecular flexibility index (Phi) is 7.81. The molecule has 2 aliphatic rings. The molecule has 1 heterocycles. The zero-order valence-electron chi connectivity index (χ0n) is 18.3. The molecule has 3 rings (SSSR count). The van der Waals surface area contributed by atoms with Gasteiger partial charge in [-0.15, -0.1) is 0 Å². The molecule has 1 aliphatic heterocycles. The van der Waals surface area contributed by atoms with Crippen LogP contribution in [0, 0.1) is 5.92 Å². The second-order valence-electron chi connectivity index (χ2n) is 9.01. The topological polar surface area (TPSA) is 93.5 Å². The Morgan fingerprint density at radius 3 is 1.97 bits per heavy atom. The number of amides is 2. The van der Waals surface area contributed by atoms with Crippen molar-refractivity contribution in [2.75, 3.05) is 18.5 Å². The number of ether oxygens (including phenoxy) is 1. The largest absolute Gasteiger partial charge is 0.416 e. The first-order chi connectivity index (χ1) is 15.8. The van der Waals surface area contributed by atoms with Crippen LogP contribution in [0.4, 0.5) is 32.0 Å². The molecule has 190 valence electrons. The number of rotatable bonds is 5. The van der Waals surface area contributed by atoms with Gasteiger partial charge in [0.1, 0.15) is 0 Å². The van der Waals surface area contributed by atoms with Crippen molar-refractivity contribution in [2.24, 2.45) is 11.7 Å². The first-order valence-electron chi connectivity index (χ1n) is 11.0. The van der Waals surface area contributed by atoms with Gasteiger partial charge in [0.2, 0.25) is 11.8 Å². The summed E-state index contributed by atoms with van der Waals surface area (Å²) in [6.45, 7) is 0.838. The smallest absolute Gasteiger partial charge is 0.381 e. The van der Waals surface area contributed by atoms with Crippen LogP contribution in [0.1, 0.15) is 56.1 Å². The van der Waals surface area contributed by atoms with Gasteiger partial charge in [-0.05, 0) is 62.6 Å². The zero-order valence-corrected chi connectivity index (χ0v) is 18.3. The molecule has 2 amide bonds. The van der Waals surface area contributed by atoms with E-state index in [1.165, 1.54) is 0 Å². The number of alkyl halides is 6. The lowest BCUT2D eigenvalue weighted by molar-refractivity contribution is -0.143. The first kappa shape index (κ1) is 26.3. The fourth-order valence-electron chi connectivity index (χ4n) is 4.30. The maximum atomic E-state index is 13.0. The Hall–Kier alpha value is -2.34. The van der Waals surface area contributed by atoms with Crippen LogP contribution in [-0.2, 0) is 26.7 Å². The number of carbonyl (C=O) groups is 2. The lowest BCUT2D eigenvalue weighted by atomic mass is 9.83. The number of hydrogen-bond acceptors (Lipinski definition) is 4. The van der Waals surface area contributed by atoms with E-state index in [1.54, 1.807) is 0 Å². The van der Waals surface area contributed by atoms with E-state index in [2.05, 4.69) is 10.6 Å². The summed E-state index contributed by atoms with van der Waals surface area (Å²) >= 11 is 0. The molecular formula is C22H27F6N3O3. The van der Waals surface area contributed by atoms with Crippen molar-refractivity contribution < 1.29 is 40.7 Å². The van der Waals surface area contributed by atoms with Crippen LogP contribution in [0.5, 0.6) is 0 Å². The van der Waals surface area contributed by atoms with Crippen LogP contribution < -0.4 is 16.4 Å². The van der Waals surface area contributed by atoms with Gasteiger partial charge >= 0.3 is 12.4 Å². The molecule has 1 saturated heterocycles. The Morgan fingerprint density at radius 1 is 0.941 bits per heavy atom. The number of nitrogens with two attached hydrogens (primary N) is 1. The minimum atomic E-state index is -4.99. The summed E-state index contributed by atoms with van der Waals surface area (Å²) in [6, 6.07) is 0.876. The van der Waals surface area contributed by atoms with Crippen LogP contribution in [-0.4, -0.2) is 36.6 Å². The Morgan fingerprint density at radius 2 is 1.47 bits per heavy atom. The van der Waals surface area contributed by atoms with E-state index in [4.69, 9.17) is 10.5 Å². The molecule has 4 N–H and O–H groups in total. The highest BCUT2D eigenvalue weighted by Crippen LogP contribution is 2.38. The molecule has 1 aliphatic carbocycles. The van der Waals surface area contributed by atoms with Crippen LogP contribution >= 0.6 is 0 Å². The summed E-state index contributed by atoms with van der Waals surface area (Å²) in [6.07, 6.45) is -6.82. The van der Waals surface area contributed by atoms with Gasteiger partial charge in [0.05, 0.1) is 16.7 Å². The third kappa shape index (κ3) is 6.84. The fourth-order valence-corrected chi connectivity index (χ4v) is 4.30. The standard InChI is InChI=1S/C22H27F6N3O3/c23-21(24,25)14-10-15(22(26,27)28)12-17(11-14)30-18(32)9-13-1-3-16(4-2-13)31-19(33)20(29)5-7-34-8-6-20/h10-13,16H,1-9,29H2,(H,30,32)(H,31,33). The molecular weight excluding hydrogens is 468 g/mol. The second-order valence-corrected chi connectivity index (χ2v) is 9.01. The summed E-state index contributed by atoms with van der Waals surface area (Å²) in [5.74, 6) is -0.999. The highest BCUT2D eigenvalue weighted by Gasteiger charge is 2.38. The van der Waals surface area contributed by atoms with Gasteiger partial charge in [-0.1, -0.05) is 0 Å². The van der Waals surface area contributed by atoms with Crippen molar-refractivity contribution in [2.45, 2.75) is 68.9 Å². The summed E-state index contributed by atoms with van der Waals surface area (Å²) in [7, 11) is 0. The van der Waals surface area contributed by atoms with Gasteiger partial charge in [0, 0.05) is 31.4 Å². The molecule has 34 heavy (non-hydrogen) atoms. The van der Waals surface area contributed by atoms with Crippen molar-refractivity contribution in [1.29, 1.82) is 0 Å². The van der Waals surface area contributed by atoms with Gasteiger partial charge in [-0.3, -0.25) is 9.59 Å². The number of halogens is 6. The van der Waals surface area contributed by atoms with Crippen LogP contribution in [0.25, 0.3) is 0 Å². The van der Waals surface area contributed by atoms with Crippen molar-refractivity contribution in [3.05, 3.63) is 29.3 Å². The minimum absolute atomic E-state index is 0.0109. The molecule has 1 aromatic rings. The van der Waals surface area contributed by atoms with Crippen LogP contribution in [0.15, 0.2) is 18.2 Å². The number of nitrogens with one attached hydrogen (secondary N) is 2. The number of benzene rings is 1. The lowest BCUT2D eigenvalue weighted by Gasteiger charge is -2.35. The minimum Gasteiger partial charge on any atom is -0.381 e. The van der Waals surface area contributed by atoms with E-state index < -0.39 is 40.6 Å². The van der Waals surface area contributed by atoms with Gasteiger partial charge in [-0.2, -0.15) is 26.3 Å².